The van der Waals surface area contributed by atoms with Crippen LogP contribution in [0.1, 0.15) is 0 Å². The molecule has 0 aromatic heterocycles. The van der Waals surface area contributed by atoms with Crippen molar-refractivity contribution >= 4 is 13.8 Å². The van der Waals surface area contributed by atoms with Gasteiger partial charge in [0.2, 0.25) is 0 Å². The topological polar surface area (TPSA) is 153 Å². The van der Waals surface area contributed by atoms with E-state index in [0.717, 1.165) is 0 Å². The third-order valence-corrected chi connectivity index (χ3v) is 0. The van der Waals surface area contributed by atoms with E-state index >= 15 is 0 Å². The third-order valence-electron chi connectivity index (χ3n) is 0. The number of nitrogens with two attached hydrogens (primary N) is 3. The number of carbonyl (C=O) groups is 1. The summed E-state index contributed by atoms with van der Waals surface area (Å²) in [4.78, 5) is 16.4. The Hall–Kier alpha value is -0.620. The van der Waals surface area contributed by atoms with Crippen LogP contribution in [-0.2, 0) is 4.57 Å². The van der Waals surface area contributed by atoms with E-state index in [1.807, 2.05) is 0 Å². The lowest BCUT2D eigenvalue weighted by Gasteiger charge is -1.86. The number of carboxylic acid groups (broad SMARTS) is 1. The Morgan fingerprint density at radius 1 is 1.44 bits per heavy atom. The van der Waals surface area contributed by atoms with E-state index in [0.29, 0.717) is 0 Å². The maximum absolute atomic E-state index is 9.33. The number of hydrogen-bond donors (Lipinski definition) is 5. The summed E-state index contributed by atoms with van der Waals surface area (Å²) < 4.78 is 9.33. The third kappa shape index (κ3) is 556. The van der Waals surface area contributed by atoms with E-state index in [4.69, 9.17) is 14.8 Å². The normalized spacial score (nSPS) is 9.22. The minimum absolute atomic E-state index is 1.33. The van der Waals surface area contributed by atoms with Gasteiger partial charge in [-0.25, -0.2) is 15.8 Å². The van der Waals surface area contributed by atoms with E-state index in [9.17, 15) is 4.57 Å². The average Bonchev–Trinajstić information content (AvgIpc) is 1.19. The van der Waals surface area contributed by atoms with E-state index in [1.54, 1.807) is 0 Å². The van der Waals surface area contributed by atoms with Crippen molar-refractivity contribution < 1.29 is 19.4 Å². The van der Waals surface area contributed by atoms with E-state index in [1.165, 1.54) is 0 Å². The van der Waals surface area contributed by atoms with Crippen LogP contribution in [0.4, 0.5) is 4.79 Å². The van der Waals surface area contributed by atoms with Gasteiger partial charge in [0.25, 0.3) is 0 Å². The molecule has 1 amide bonds. The Morgan fingerprint density at radius 3 is 1.44 bits per heavy atom. The Bertz CT molecular complexity index is 116. The van der Waals surface area contributed by atoms with Crippen molar-refractivity contribution in [3.05, 3.63) is 0 Å². The molecule has 0 aliphatic rings. The van der Waals surface area contributed by atoms with Gasteiger partial charge in [0.05, 0.1) is 0 Å². The molecule has 0 bridgehead atoms. The molecular weight excluding hydrogens is 149 g/mol. The van der Waals surface area contributed by atoms with Crippen LogP contribution in [0.15, 0.2) is 0 Å². The lowest BCUT2D eigenvalue weighted by Crippen LogP contribution is -2.03. The summed E-state index contributed by atoms with van der Waals surface area (Å²) in [6.45, 7) is 0. The molecule has 0 saturated heterocycles. The Labute approximate surface area is 51.0 Å². The molecule has 0 atom stereocenters. The summed E-state index contributed by atoms with van der Waals surface area (Å²) >= 11 is 0. The van der Waals surface area contributed by atoms with Crippen molar-refractivity contribution in [1.82, 2.24) is 0 Å². The first-order valence-corrected chi connectivity index (χ1v) is 3.41. The fourth-order valence-electron chi connectivity index (χ4n) is 0. The molecule has 56 valence electrons. The van der Waals surface area contributed by atoms with Gasteiger partial charge in [0.15, 0.2) is 0 Å². The van der Waals surface area contributed by atoms with Gasteiger partial charge in [0.1, 0.15) is 0 Å². The zero-order chi connectivity index (χ0) is 8.08. The SMILES string of the molecule is NC(=O)O.NP(N)(=O)O. The molecule has 0 aliphatic carbocycles. The number of hydrogen-bond acceptors (Lipinski definition) is 2. The monoisotopic (exact) mass is 157 g/mol. The van der Waals surface area contributed by atoms with Gasteiger partial charge in [0, 0.05) is 0 Å². The molecule has 0 heterocycles. The molecule has 7 nitrogen and oxygen atoms in total. The molecule has 8 heteroatoms. The summed E-state index contributed by atoms with van der Waals surface area (Å²) in [5.74, 6) is 0. The van der Waals surface area contributed by atoms with Gasteiger partial charge in [-0.2, -0.15) is 0 Å². The van der Waals surface area contributed by atoms with Crippen molar-refractivity contribution in [3.8, 4) is 0 Å². The van der Waals surface area contributed by atoms with Crippen LogP contribution in [0.25, 0.3) is 0 Å². The largest absolute Gasteiger partial charge is 0.465 e. The first-order valence-electron chi connectivity index (χ1n) is 1.62. The molecule has 0 aromatic carbocycles. The van der Waals surface area contributed by atoms with Crippen LogP contribution < -0.4 is 16.7 Å². The van der Waals surface area contributed by atoms with E-state index in [-0.39, 0.29) is 0 Å². The molecule has 0 rings (SSSR count). The number of rotatable bonds is 0. The van der Waals surface area contributed by atoms with Crippen molar-refractivity contribution in [2.75, 3.05) is 0 Å². The van der Waals surface area contributed by atoms with Crippen LogP contribution in [0.5, 0.6) is 0 Å². The fraction of sp³-hybridized carbons (Fsp3) is 0. The van der Waals surface area contributed by atoms with Gasteiger partial charge in [-0.3, -0.25) is 4.57 Å². The van der Waals surface area contributed by atoms with E-state index < -0.39 is 13.8 Å². The lowest BCUT2D eigenvalue weighted by molar-refractivity contribution is 0.205. The molecule has 0 saturated carbocycles. The first kappa shape index (κ1) is 11.2. The lowest BCUT2D eigenvalue weighted by atomic mass is 11.3. The number of amides is 1. The molecule has 0 radical (unpaired) electrons. The van der Waals surface area contributed by atoms with Gasteiger partial charge in [-0.05, 0) is 0 Å². The van der Waals surface area contributed by atoms with Crippen molar-refractivity contribution in [2.45, 2.75) is 0 Å². The van der Waals surface area contributed by atoms with Crippen LogP contribution in [0.3, 0.4) is 0 Å². The van der Waals surface area contributed by atoms with Crippen molar-refractivity contribution in [3.63, 3.8) is 0 Å². The summed E-state index contributed by atoms with van der Waals surface area (Å²) in [6.07, 6.45) is -1.33. The maximum atomic E-state index is 9.33. The standard InChI is InChI=1S/CH3NO2.H5N2O2P/c2-1(3)4;1-5(2,3)4/h2H2,(H,3,4);(H5,1,2,3,4). The molecule has 0 spiro atoms. The quantitative estimate of drug-likeness (QED) is 0.273. The van der Waals surface area contributed by atoms with Gasteiger partial charge in [-0.1, -0.05) is 0 Å². The molecule has 0 aromatic rings. The van der Waals surface area contributed by atoms with Crippen LogP contribution in [0.2, 0.25) is 0 Å². The highest BCUT2D eigenvalue weighted by molar-refractivity contribution is 7.52. The molecule has 0 aliphatic heterocycles. The predicted molar refractivity (Wildman–Crippen MR) is 30.4 cm³/mol. The average molecular weight is 157 g/mol. The van der Waals surface area contributed by atoms with E-state index in [2.05, 4.69) is 16.7 Å². The second-order valence-electron chi connectivity index (χ2n) is 1.01. The minimum atomic E-state index is -3.64. The van der Waals surface area contributed by atoms with Crippen molar-refractivity contribution in [1.29, 1.82) is 0 Å². The smallest absolute Gasteiger partial charge is 0.402 e. The second-order valence-corrected chi connectivity index (χ2v) is 2.36. The zero-order valence-electron chi connectivity index (χ0n) is 4.39. The van der Waals surface area contributed by atoms with Crippen LogP contribution >= 0.6 is 7.67 Å². The van der Waals surface area contributed by atoms with Gasteiger partial charge < -0.3 is 15.7 Å². The fourth-order valence-corrected chi connectivity index (χ4v) is 0. The number of primary amides is 1. The van der Waals surface area contributed by atoms with Gasteiger partial charge in [-0.15, -0.1) is 0 Å². The van der Waals surface area contributed by atoms with Crippen LogP contribution in [0, 0.1) is 0 Å². The highest BCUT2D eigenvalue weighted by Crippen LogP contribution is 2.13. The summed E-state index contributed by atoms with van der Waals surface area (Å²) in [7, 11) is -3.64. The summed E-state index contributed by atoms with van der Waals surface area (Å²) in [6, 6.07) is 0. The highest BCUT2D eigenvalue weighted by atomic mass is 31.2. The summed E-state index contributed by atoms with van der Waals surface area (Å²) in [5, 5.41) is 7.19. The summed E-state index contributed by atoms with van der Waals surface area (Å²) in [5.41, 5.74) is 12.5. The molecule has 9 heavy (non-hydrogen) atoms. The Morgan fingerprint density at radius 2 is 1.44 bits per heavy atom. The highest BCUT2D eigenvalue weighted by Gasteiger charge is 1.93. The predicted octanol–water partition coefficient (Wildman–Crippen LogP) is -1.37. The first-order chi connectivity index (χ1) is 3.73. The molecular formula is CH8N3O4P. The van der Waals surface area contributed by atoms with Crippen molar-refractivity contribution in [2.24, 2.45) is 16.7 Å². The Kier molecular flexibility index (Phi) is 5.33. The molecule has 0 unspecified atom stereocenters. The second kappa shape index (κ2) is 4.28. The maximum Gasteiger partial charge on any atom is 0.402 e. The molecule has 0 fully saturated rings. The molecule has 8 N–H and O–H groups in total. The van der Waals surface area contributed by atoms with Gasteiger partial charge >= 0.3 is 13.8 Å². The zero-order valence-corrected chi connectivity index (χ0v) is 5.28. The van der Waals surface area contributed by atoms with Crippen LogP contribution in [-0.4, -0.2) is 16.1 Å². The minimum Gasteiger partial charge on any atom is -0.465 e. The Balaban J connectivity index is 0.